The Kier molecular flexibility index (Phi) is 4.64. The second-order valence-electron chi connectivity index (χ2n) is 5.71. The molecule has 1 heterocycles. The van der Waals surface area contributed by atoms with Crippen LogP contribution in [-0.4, -0.2) is 24.2 Å². The van der Waals surface area contributed by atoms with Crippen LogP contribution < -0.4 is 2.89 Å². The van der Waals surface area contributed by atoms with E-state index in [2.05, 4.69) is 14.8 Å². The first-order valence-corrected chi connectivity index (χ1v) is 17.2. The molecule has 1 aromatic heterocycles. The average molecular weight is 401 g/mol. The normalized spacial score (nSPS) is 11.7. The Bertz CT molecular complexity index is 623. The standard InChI is InChI=1S/C12H7F2OS.3CH3.Sn/c13-9-3-1-4-10(14)8(9)7-11(15)12-5-2-6-16-12;;;;/h1-5H,7H2;3*1H3;. The molecule has 2 aromatic rings. The van der Waals surface area contributed by atoms with E-state index in [1.807, 2.05) is 6.07 Å². The summed E-state index contributed by atoms with van der Waals surface area (Å²) in [5.41, 5.74) is -0.147. The van der Waals surface area contributed by atoms with Gasteiger partial charge >= 0.3 is 126 Å². The van der Waals surface area contributed by atoms with Gasteiger partial charge in [0.25, 0.3) is 0 Å². The Morgan fingerprint density at radius 2 is 1.70 bits per heavy atom. The third-order valence-electron chi connectivity index (χ3n) is 3.02. The Morgan fingerprint density at radius 3 is 2.20 bits per heavy atom. The summed E-state index contributed by atoms with van der Waals surface area (Å²) in [6.07, 6.45) is -0.224. The van der Waals surface area contributed by atoms with Crippen molar-refractivity contribution >= 4 is 38.4 Å². The Balaban J connectivity index is 2.23. The van der Waals surface area contributed by atoms with Gasteiger partial charge in [-0.15, -0.1) is 0 Å². The van der Waals surface area contributed by atoms with Crippen molar-refractivity contribution in [2.75, 3.05) is 0 Å². The average Bonchev–Trinajstić information content (AvgIpc) is 2.83. The monoisotopic (exact) mass is 402 g/mol. The molecule has 0 unspecified atom stereocenters. The minimum absolute atomic E-state index is 0.147. The molecule has 20 heavy (non-hydrogen) atoms. The van der Waals surface area contributed by atoms with Crippen LogP contribution in [-0.2, 0) is 6.42 Å². The van der Waals surface area contributed by atoms with Gasteiger partial charge in [0.05, 0.1) is 0 Å². The van der Waals surface area contributed by atoms with Gasteiger partial charge in [-0.05, 0) is 0 Å². The molecular formula is C15H16F2OSSn. The molecular weight excluding hydrogens is 385 g/mol. The first-order valence-electron chi connectivity index (χ1n) is 6.35. The number of Topliss-reactive ketones (excluding diaryl/α,β-unsaturated/α-hetero) is 1. The zero-order valence-electron chi connectivity index (χ0n) is 11.7. The molecule has 0 aliphatic rings. The van der Waals surface area contributed by atoms with Gasteiger partial charge < -0.3 is 0 Å². The van der Waals surface area contributed by atoms with Gasteiger partial charge in [-0.1, -0.05) is 0 Å². The zero-order valence-corrected chi connectivity index (χ0v) is 15.3. The third-order valence-corrected chi connectivity index (χ3v) is 13.6. The summed E-state index contributed by atoms with van der Waals surface area (Å²) in [5, 5.41) is 0. The summed E-state index contributed by atoms with van der Waals surface area (Å²) in [6.45, 7) is 0. The molecule has 0 bridgehead atoms. The fraction of sp³-hybridized carbons (Fsp3) is 0.267. The van der Waals surface area contributed by atoms with Crippen molar-refractivity contribution in [3.05, 3.63) is 52.4 Å². The van der Waals surface area contributed by atoms with Crippen LogP contribution >= 0.6 is 11.3 Å². The van der Waals surface area contributed by atoms with Crippen LogP contribution in [0.25, 0.3) is 0 Å². The molecule has 106 valence electrons. The number of hydrogen-bond acceptors (Lipinski definition) is 2. The first kappa shape index (κ1) is 15.6. The molecule has 0 aliphatic heterocycles. The van der Waals surface area contributed by atoms with Gasteiger partial charge in [0.2, 0.25) is 0 Å². The zero-order chi connectivity index (χ0) is 14.9. The molecule has 0 aliphatic carbocycles. The number of thiophene rings is 1. The van der Waals surface area contributed by atoms with E-state index >= 15 is 0 Å². The molecule has 0 N–H and O–H groups in total. The molecule has 0 amide bonds. The van der Waals surface area contributed by atoms with Crippen molar-refractivity contribution in [1.82, 2.24) is 0 Å². The Hall–Kier alpha value is -0.751. The molecule has 1 aromatic carbocycles. The number of hydrogen-bond donors (Lipinski definition) is 0. The quantitative estimate of drug-likeness (QED) is 0.560. The molecule has 0 spiro atoms. The van der Waals surface area contributed by atoms with Crippen LogP contribution in [0.3, 0.4) is 0 Å². The predicted octanol–water partition coefficient (Wildman–Crippen LogP) is 4.00. The fourth-order valence-electron chi connectivity index (χ4n) is 1.84. The van der Waals surface area contributed by atoms with E-state index in [9.17, 15) is 13.6 Å². The number of halogens is 2. The molecule has 0 fully saturated rings. The Labute approximate surface area is 125 Å². The summed E-state index contributed by atoms with van der Waals surface area (Å²) < 4.78 is 28.4. The molecule has 0 saturated heterocycles. The van der Waals surface area contributed by atoms with E-state index in [-0.39, 0.29) is 17.8 Å². The van der Waals surface area contributed by atoms with Gasteiger partial charge in [0.15, 0.2) is 0 Å². The van der Waals surface area contributed by atoms with E-state index in [1.165, 1.54) is 32.4 Å². The number of carbonyl (C=O) groups excluding carboxylic acids is 1. The number of carbonyl (C=O) groups is 1. The van der Waals surface area contributed by atoms with Crippen LogP contribution in [0, 0.1) is 11.6 Å². The van der Waals surface area contributed by atoms with Gasteiger partial charge in [0, 0.05) is 0 Å². The van der Waals surface area contributed by atoms with Gasteiger partial charge in [-0.25, -0.2) is 0 Å². The molecule has 0 atom stereocenters. The maximum absolute atomic E-state index is 13.5. The van der Waals surface area contributed by atoms with Crippen LogP contribution in [0.4, 0.5) is 8.78 Å². The van der Waals surface area contributed by atoms with Crippen LogP contribution in [0.5, 0.6) is 0 Å². The molecule has 5 heteroatoms. The maximum atomic E-state index is 13.5. The summed E-state index contributed by atoms with van der Waals surface area (Å²) >= 11 is -0.703. The molecule has 0 radical (unpaired) electrons. The second-order valence-corrected chi connectivity index (χ2v) is 22.2. The summed E-state index contributed by atoms with van der Waals surface area (Å²) in [7, 11) is 0. The Morgan fingerprint density at radius 1 is 1.10 bits per heavy atom. The third kappa shape index (κ3) is 3.47. The van der Waals surface area contributed by atoms with Crippen molar-refractivity contribution in [2.24, 2.45) is 0 Å². The minimum atomic E-state index is -2.18. The fourth-order valence-corrected chi connectivity index (χ4v) is 8.07. The summed E-state index contributed by atoms with van der Waals surface area (Å²) in [4.78, 5) is 19.6. The van der Waals surface area contributed by atoms with E-state index < -0.39 is 30.0 Å². The number of benzene rings is 1. The van der Waals surface area contributed by atoms with E-state index in [1.54, 1.807) is 6.07 Å². The SMILES string of the molecule is [CH3][Sn]([CH3])([CH3])[c]1ccc(C(=O)Cc2c(F)cccc2F)s1. The van der Waals surface area contributed by atoms with E-state index in [0.717, 1.165) is 0 Å². The summed E-state index contributed by atoms with van der Waals surface area (Å²) in [5.74, 6) is -1.55. The van der Waals surface area contributed by atoms with Gasteiger partial charge in [-0.3, -0.25) is 0 Å². The number of rotatable bonds is 4. The second kappa shape index (κ2) is 5.93. The number of ketones is 1. The first-order chi connectivity index (χ1) is 9.29. The molecule has 2 rings (SSSR count). The van der Waals surface area contributed by atoms with Gasteiger partial charge in [-0.2, -0.15) is 0 Å². The van der Waals surface area contributed by atoms with Crippen LogP contribution in [0.2, 0.25) is 14.8 Å². The predicted molar refractivity (Wildman–Crippen MR) is 81.7 cm³/mol. The van der Waals surface area contributed by atoms with E-state index in [4.69, 9.17) is 0 Å². The van der Waals surface area contributed by atoms with Crippen LogP contribution in [0.15, 0.2) is 30.3 Å². The molecule has 1 nitrogen and oxygen atoms in total. The van der Waals surface area contributed by atoms with Crippen molar-refractivity contribution in [3.63, 3.8) is 0 Å². The summed E-state index contributed by atoms with van der Waals surface area (Å²) in [6, 6.07) is 7.43. The van der Waals surface area contributed by atoms with Crippen molar-refractivity contribution in [3.8, 4) is 0 Å². The van der Waals surface area contributed by atoms with Crippen molar-refractivity contribution in [2.45, 2.75) is 21.2 Å². The van der Waals surface area contributed by atoms with E-state index in [0.29, 0.717) is 4.88 Å². The topological polar surface area (TPSA) is 17.1 Å². The van der Waals surface area contributed by atoms with Crippen molar-refractivity contribution < 1.29 is 13.6 Å². The van der Waals surface area contributed by atoms with Gasteiger partial charge in [0.1, 0.15) is 0 Å². The molecule has 0 saturated carbocycles. The van der Waals surface area contributed by atoms with Crippen molar-refractivity contribution in [1.29, 1.82) is 0 Å². The van der Waals surface area contributed by atoms with Crippen LogP contribution in [0.1, 0.15) is 15.2 Å².